The van der Waals surface area contributed by atoms with E-state index in [1.54, 1.807) is 12.1 Å². The van der Waals surface area contributed by atoms with Crippen molar-refractivity contribution < 1.29 is 13.5 Å². The fourth-order valence-corrected chi connectivity index (χ4v) is 4.87. The van der Waals surface area contributed by atoms with Crippen molar-refractivity contribution in [3.63, 3.8) is 0 Å². The van der Waals surface area contributed by atoms with Gasteiger partial charge in [-0.15, -0.1) is 0 Å². The van der Waals surface area contributed by atoms with Gasteiger partial charge in [-0.25, -0.2) is 13.1 Å². The monoisotopic (exact) mass is 347 g/mol. The van der Waals surface area contributed by atoms with Crippen LogP contribution in [0.25, 0.3) is 0 Å². The van der Waals surface area contributed by atoms with Gasteiger partial charge in [-0.1, -0.05) is 13.0 Å². The molecule has 0 saturated heterocycles. The number of sulfonamides is 1. The molecular weight excluding hydrogens is 330 g/mol. The highest BCUT2D eigenvalue weighted by molar-refractivity contribution is 9.10. The third-order valence-electron chi connectivity index (χ3n) is 3.81. The molecule has 1 saturated carbocycles. The summed E-state index contributed by atoms with van der Waals surface area (Å²) in [6.45, 7) is 1.83. The maximum atomic E-state index is 12.5. The number of hydrogen-bond donors (Lipinski definition) is 2. The first-order chi connectivity index (χ1) is 8.92. The van der Waals surface area contributed by atoms with E-state index < -0.39 is 10.0 Å². The lowest BCUT2D eigenvalue weighted by Crippen LogP contribution is -2.52. The Kier molecular flexibility index (Phi) is 4.35. The number of rotatable bonds is 5. The highest BCUT2D eigenvalue weighted by Gasteiger charge is 2.39. The highest BCUT2D eigenvalue weighted by atomic mass is 79.9. The molecule has 0 spiro atoms. The zero-order valence-electron chi connectivity index (χ0n) is 10.8. The summed E-state index contributed by atoms with van der Waals surface area (Å²) in [7, 11) is -3.56. The molecule has 0 unspecified atom stereocenters. The van der Waals surface area contributed by atoms with Crippen LogP contribution in [0.1, 0.15) is 38.2 Å². The van der Waals surface area contributed by atoms with E-state index in [0.717, 1.165) is 25.7 Å². The van der Waals surface area contributed by atoms with Crippen LogP contribution in [0.3, 0.4) is 0 Å². The maximum absolute atomic E-state index is 12.5. The van der Waals surface area contributed by atoms with Crippen LogP contribution in [0.4, 0.5) is 0 Å². The van der Waals surface area contributed by atoms with Crippen LogP contribution >= 0.6 is 15.9 Å². The van der Waals surface area contributed by atoms with E-state index in [1.807, 2.05) is 6.92 Å². The van der Waals surface area contributed by atoms with Crippen molar-refractivity contribution in [2.45, 2.75) is 49.6 Å². The van der Waals surface area contributed by atoms with Gasteiger partial charge in [-0.2, -0.15) is 0 Å². The van der Waals surface area contributed by atoms with Gasteiger partial charge in [0.2, 0.25) is 10.0 Å². The number of nitrogens with one attached hydrogen (secondary N) is 1. The van der Waals surface area contributed by atoms with Crippen LogP contribution in [0.5, 0.6) is 0 Å². The maximum Gasteiger partial charge on any atom is 0.242 e. The van der Waals surface area contributed by atoms with E-state index in [0.29, 0.717) is 10.0 Å². The Balaban J connectivity index is 2.34. The molecule has 106 valence electrons. The molecule has 1 aromatic carbocycles. The summed E-state index contributed by atoms with van der Waals surface area (Å²) in [5.41, 5.74) is 0.302. The molecule has 0 bridgehead atoms. The minimum Gasteiger partial charge on any atom is -0.392 e. The molecule has 0 heterocycles. The van der Waals surface area contributed by atoms with Crippen LogP contribution in [0, 0.1) is 0 Å². The quantitative estimate of drug-likeness (QED) is 0.859. The Labute approximate surface area is 122 Å². The molecule has 19 heavy (non-hydrogen) atoms. The molecule has 1 aliphatic carbocycles. The average Bonchev–Trinajstić information content (AvgIpc) is 2.34. The SMILES string of the molecule is CCC1(NS(=O)(=O)c2cc(CO)ccc2Br)CCC1. The van der Waals surface area contributed by atoms with E-state index in [2.05, 4.69) is 20.7 Å². The molecule has 0 atom stereocenters. The topological polar surface area (TPSA) is 66.4 Å². The van der Waals surface area contributed by atoms with Crippen molar-refractivity contribution >= 4 is 26.0 Å². The molecule has 0 radical (unpaired) electrons. The van der Waals surface area contributed by atoms with Gasteiger partial charge in [0.05, 0.1) is 11.5 Å². The average molecular weight is 348 g/mol. The third-order valence-corrected chi connectivity index (χ3v) is 6.38. The normalized spacial score (nSPS) is 18.1. The lowest BCUT2D eigenvalue weighted by Gasteiger charge is -2.41. The van der Waals surface area contributed by atoms with Gasteiger partial charge in [0.1, 0.15) is 0 Å². The fourth-order valence-electron chi connectivity index (χ4n) is 2.32. The van der Waals surface area contributed by atoms with Crippen LogP contribution < -0.4 is 4.72 Å². The van der Waals surface area contributed by atoms with Gasteiger partial charge in [0.15, 0.2) is 0 Å². The van der Waals surface area contributed by atoms with Crippen molar-refractivity contribution in [1.82, 2.24) is 4.72 Å². The van der Waals surface area contributed by atoms with Crippen LogP contribution in [0.15, 0.2) is 27.6 Å². The Morgan fingerprint density at radius 3 is 2.58 bits per heavy atom. The Morgan fingerprint density at radius 2 is 2.11 bits per heavy atom. The summed E-state index contributed by atoms with van der Waals surface area (Å²) >= 11 is 3.26. The van der Waals surface area contributed by atoms with Gasteiger partial charge in [0, 0.05) is 10.0 Å². The van der Waals surface area contributed by atoms with Crippen molar-refractivity contribution in [1.29, 1.82) is 0 Å². The fraction of sp³-hybridized carbons (Fsp3) is 0.538. The standard InChI is InChI=1S/C13H18BrNO3S/c1-2-13(6-3-7-13)15-19(17,18)12-8-10(9-16)4-5-11(12)14/h4-5,8,15-16H,2-3,6-7,9H2,1H3. The number of benzene rings is 1. The van der Waals surface area contributed by atoms with Crippen molar-refractivity contribution in [2.75, 3.05) is 0 Å². The predicted molar refractivity (Wildman–Crippen MR) is 77.3 cm³/mol. The number of aliphatic hydroxyl groups is 1. The second-order valence-electron chi connectivity index (χ2n) is 5.02. The summed E-state index contributed by atoms with van der Waals surface area (Å²) < 4.78 is 28.3. The van der Waals surface area contributed by atoms with Gasteiger partial charge in [-0.05, 0) is 59.3 Å². The molecule has 6 heteroatoms. The molecule has 1 fully saturated rings. The van der Waals surface area contributed by atoms with Crippen LogP contribution in [-0.2, 0) is 16.6 Å². The number of halogens is 1. The molecule has 2 rings (SSSR count). The summed E-state index contributed by atoms with van der Waals surface area (Å²) in [5, 5.41) is 9.12. The minimum atomic E-state index is -3.56. The second-order valence-corrected chi connectivity index (χ2v) is 7.52. The van der Waals surface area contributed by atoms with E-state index in [9.17, 15) is 8.42 Å². The zero-order chi connectivity index (χ0) is 14.1. The van der Waals surface area contributed by atoms with Crippen molar-refractivity contribution in [3.05, 3.63) is 28.2 Å². The van der Waals surface area contributed by atoms with Crippen LogP contribution in [-0.4, -0.2) is 19.1 Å². The summed E-state index contributed by atoms with van der Waals surface area (Å²) in [5.74, 6) is 0. The van der Waals surface area contributed by atoms with Gasteiger partial charge >= 0.3 is 0 Å². The summed E-state index contributed by atoms with van der Waals surface area (Å²) in [4.78, 5) is 0.193. The first kappa shape index (κ1) is 15.0. The Bertz CT molecular complexity index is 562. The molecule has 2 N–H and O–H groups in total. The Morgan fingerprint density at radius 1 is 1.42 bits per heavy atom. The molecular formula is C13H18BrNO3S. The molecule has 0 aliphatic heterocycles. The van der Waals surface area contributed by atoms with E-state index >= 15 is 0 Å². The first-order valence-corrected chi connectivity index (χ1v) is 8.63. The van der Waals surface area contributed by atoms with E-state index in [4.69, 9.17) is 5.11 Å². The van der Waals surface area contributed by atoms with E-state index in [1.165, 1.54) is 6.07 Å². The van der Waals surface area contributed by atoms with Crippen LogP contribution in [0.2, 0.25) is 0 Å². The first-order valence-electron chi connectivity index (χ1n) is 6.36. The number of hydrogen-bond acceptors (Lipinski definition) is 3. The Hall–Kier alpha value is -0.430. The molecule has 0 aromatic heterocycles. The number of aliphatic hydroxyl groups excluding tert-OH is 1. The van der Waals surface area contributed by atoms with E-state index in [-0.39, 0.29) is 17.0 Å². The van der Waals surface area contributed by atoms with Gasteiger partial charge < -0.3 is 5.11 Å². The highest BCUT2D eigenvalue weighted by Crippen LogP contribution is 2.36. The molecule has 0 amide bonds. The smallest absolute Gasteiger partial charge is 0.242 e. The lowest BCUT2D eigenvalue weighted by molar-refractivity contribution is 0.214. The summed E-state index contributed by atoms with van der Waals surface area (Å²) in [6, 6.07) is 4.86. The van der Waals surface area contributed by atoms with Gasteiger partial charge in [0.25, 0.3) is 0 Å². The molecule has 4 nitrogen and oxygen atoms in total. The minimum absolute atomic E-state index is 0.172. The summed E-state index contributed by atoms with van der Waals surface area (Å²) in [6.07, 6.45) is 3.64. The molecule has 1 aromatic rings. The largest absolute Gasteiger partial charge is 0.392 e. The molecule has 1 aliphatic rings. The van der Waals surface area contributed by atoms with Crippen molar-refractivity contribution in [3.8, 4) is 0 Å². The second kappa shape index (κ2) is 5.52. The zero-order valence-corrected chi connectivity index (χ0v) is 13.2. The van der Waals surface area contributed by atoms with Gasteiger partial charge in [-0.3, -0.25) is 0 Å². The third kappa shape index (κ3) is 3.02. The predicted octanol–water partition coefficient (Wildman–Crippen LogP) is 2.55. The van der Waals surface area contributed by atoms with Crippen molar-refractivity contribution in [2.24, 2.45) is 0 Å². The lowest BCUT2D eigenvalue weighted by atomic mass is 9.76.